The van der Waals surface area contributed by atoms with Gasteiger partial charge in [0.05, 0.1) is 11.4 Å². The van der Waals surface area contributed by atoms with Crippen molar-refractivity contribution in [1.82, 2.24) is 20.2 Å². The Balaban J connectivity index is 1.45. The van der Waals surface area contributed by atoms with E-state index in [1.807, 2.05) is 43.3 Å². The summed E-state index contributed by atoms with van der Waals surface area (Å²) in [6.07, 6.45) is 2.39. The minimum atomic E-state index is -0.193. The third kappa shape index (κ3) is 5.89. The van der Waals surface area contributed by atoms with Crippen LogP contribution in [-0.2, 0) is 5.75 Å². The Labute approximate surface area is 193 Å². The largest absolute Gasteiger partial charge is 0.455 e. The quantitative estimate of drug-likeness (QED) is 0.390. The minimum Gasteiger partial charge on any atom is -0.455 e. The van der Waals surface area contributed by atoms with Gasteiger partial charge in [0.2, 0.25) is 0 Å². The first kappa shape index (κ1) is 22.4. The van der Waals surface area contributed by atoms with Gasteiger partial charge in [-0.2, -0.15) is 0 Å². The summed E-state index contributed by atoms with van der Waals surface area (Å²) in [5, 5.41) is 3.58. The number of anilines is 1. The lowest BCUT2D eigenvalue weighted by Crippen LogP contribution is -2.31. The van der Waals surface area contributed by atoms with Gasteiger partial charge in [-0.3, -0.25) is 4.79 Å². The van der Waals surface area contributed by atoms with Crippen molar-refractivity contribution < 1.29 is 9.21 Å². The third-order valence-electron chi connectivity index (χ3n) is 5.27. The second kappa shape index (κ2) is 10.7. The summed E-state index contributed by atoms with van der Waals surface area (Å²) in [4.78, 5) is 26.2. The van der Waals surface area contributed by atoms with Crippen molar-refractivity contribution in [3.8, 4) is 11.3 Å². The van der Waals surface area contributed by atoms with Crippen LogP contribution < -0.4 is 10.2 Å². The molecule has 3 heterocycles. The average molecular weight is 452 g/mol. The van der Waals surface area contributed by atoms with Crippen LogP contribution in [0.3, 0.4) is 0 Å². The number of thioether (sulfide) groups is 1. The van der Waals surface area contributed by atoms with Crippen LogP contribution in [0.25, 0.3) is 11.3 Å². The van der Waals surface area contributed by atoms with E-state index in [2.05, 4.69) is 28.4 Å². The van der Waals surface area contributed by atoms with Crippen LogP contribution in [-0.4, -0.2) is 61.0 Å². The maximum atomic E-state index is 12.2. The monoisotopic (exact) mass is 451 g/mol. The van der Waals surface area contributed by atoms with Crippen molar-refractivity contribution in [3.63, 3.8) is 0 Å². The normalized spacial score (nSPS) is 13.7. The fourth-order valence-electron chi connectivity index (χ4n) is 3.54. The van der Waals surface area contributed by atoms with Gasteiger partial charge in [0.25, 0.3) is 5.91 Å². The summed E-state index contributed by atoms with van der Waals surface area (Å²) in [6.45, 7) is 3.42. The number of hydrogen-bond acceptors (Lipinski definition) is 7. The molecular formula is C24H29N5O2S. The molecule has 1 amide bonds. The lowest BCUT2D eigenvalue weighted by atomic mass is 10.1. The Morgan fingerprint density at radius 1 is 1.12 bits per heavy atom. The van der Waals surface area contributed by atoms with Gasteiger partial charge < -0.3 is 19.5 Å². The molecule has 0 atom stereocenters. The van der Waals surface area contributed by atoms with E-state index >= 15 is 0 Å². The number of amides is 1. The number of benzene rings is 1. The predicted molar refractivity (Wildman–Crippen MR) is 128 cm³/mol. The fourth-order valence-corrected chi connectivity index (χ4v) is 4.28. The van der Waals surface area contributed by atoms with Crippen LogP contribution in [0.1, 0.15) is 29.2 Å². The van der Waals surface area contributed by atoms with Crippen LogP contribution in [0, 0.1) is 0 Å². The molecule has 1 fully saturated rings. The van der Waals surface area contributed by atoms with Crippen LogP contribution in [0.2, 0.25) is 0 Å². The minimum absolute atomic E-state index is 0.193. The first-order valence-corrected chi connectivity index (χ1v) is 11.9. The number of nitrogens with one attached hydrogen (secondary N) is 1. The van der Waals surface area contributed by atoms with Crippen LogP contribution in [0.15, 0.2) is 58.1 Å². The topological polar surface area (TPSA) is 74.5 Å². The van der Waals surface area contributed by atoms with Crippen LogP contribution in [0.4, 0.5) is 5.82 Å². The second-order valence-electron chi connectivity index (χ2n) is 8.07. The number of furan rings is 1. The number of aromatic nitrogens is 2. The molecule has 4 rings (SSSR count). The molecule has 0 aliphatic carbocycles. The molecule has 168 valence electrons. The number of likely N-dealkylation sites (N-methyl/N-ethyl adjacent to an activating group) is 1. The summed E-state index contributed by atoms with van der Waals surface area (Å²) in [5.41, 5.74) is 2.00. The van der Waals surface area contributed by atoms with Gasteiger partial charge >= 0.3 is 0 Å². The summed E-state index contributed by atoms with van der Waals surface area (Å²) in [6, 6.07) is 15.8. The molecule has 1 saturated heterocycles. The number of nitrogens with zero attached hydrogens (tertiary/aromatic N) is 4. The Hall–Kier alpha value is -2.84. The van der Waals surface area contributed by atoms with E-state index in [0.29, 0.717) is 23.2 Å². The Bertz CT molecular complexity index is 1030. The van der Waals surface area contributed by atoms with Crippen molar-refractivity contribution in [2.45, 2.75) is 23.8 Å². The highest BCUT2D eigenvalue weighted by Gasteiger charge is 2.17. The van der Waals surface area contributed by atoms with Crippen LogP contribution in [0.5, 0.6) is 0 Å². The molecule has 0 radical (unpaired) electrons. The molecule has 1 aliphatic heterocycles. The molecule has 7 nitrogen and oxygen atoms in total. The van der Waals surface area contributed by atoms with Gasteiger partial charge in [-0.05, 0) is 39.1 Å². The van der Waals surface area contributed by atoms with E-state index in [-0.39, 0.29) is 5.91 Å². The van der Waals surface area contributed by atoms with E-state index in [4.69, 9.17) is 14.4 Å². The average Bonchev–Trinajstić information content (AvgIpc) is 3.50. The van der Waals surface area contributed by atoms with Gasteiger partial charge in [0, 0.05) is 37.8 Å². The third-order valence-corrected chi connectivity index (χ3v) is 6.13. The van der Waals surface area contributed by atoms with Crippen LogP contribution >= 0.6 is 11.8 Å². The fraction of sp³-hybridized carbons (Fsp3) is 0.375. The highest BCUT2D eigenvalue weighted by Crippen LogP contribution is 2.29. The number of carbonyl (C=O) groups excluding carboxylic acids is 1. The summed E-state index contributed by atoms with van der Waals surface area (Å²) < 4.78 is 5.76. The predicted octanol–water partition coefficient (Wildman–Crippen LogP) is 3.92. The molecule has 32 heavy (non-hydrogen) atoms. The first-order chi connectivity index (χ1) is 15.6. The van der Waals surface area contributed by atoms with Crippen molar-refractivity contribution in [2.75, 3.05) is 45.2 Å². The van der Waals surface area contributed by atoms with Gasteiger partial charge in [0.1, 0.15) is 11.6 Å². The van der Waals surface area contributed by atoms with E-state index in [1.54, 1.807) is 6.07 Å². The highest BCUT2D eigenvalue weighted by molar-refractivity contribution is 7.98. The lowest BCUT2D eigenvalue weighted by molar-refractivity contribution is 0.0922. The molecule has 0 spiro atoms. The van der Waals surface area contributed by atoms with Gasteiger partial charge in [-0.15, -0.1) is 0 Å². The maximum absolute atomic E-state index is 12.2. The number of hydrogen-bond donors (Lipinski definition) is 1. The molecule has 8 heteroatoms. The highest BCUT2D eigenvalue weighted by atomic mass is 32.2. The van der Waals surface area contributed by atoms with Gasteiger partial charge in [-0.25, -0.2) is 9.97 Å². The Morgan fingerprint density at radius 3 is 2.66 bits per heavy atom. The molecule has 0 bridgehead atoms. The SMILES string of the molecule is CN(C)CCNC(=O)c1ccc(CSc2nc(-c3ccccc3)cc(N3CCCC3)n2)o1. The van der Waals surface area contributed by atoms with E-state index in [9.17, 15) is 4.79 Å². The zero-order valence-corrected chi connectivity index (χ0v) is 19.4. The molecule has 1 aliphatic rings. The maximum Gasteiger partial charge on any atom is 0.287 e. The zero-order valence-electron chi connectivity index (χ0n) is 18.6. The smallest absolute Gasteiger partial charge is 0.287 e. The molecule has 0 unspecified atom stereocenters. The molecule has 1 N–H and O–H groups in total. The van der Waals surface area contributed by atoms with E-state index in [0.717, 1.165) is 42.5 Å². The van der Waals surface area contributed by atoms with Gasteiger partial charge in [0.15, 0.2) is 10.9 Å². The van der Waals surface area contributed by atoms with Crippen molar-refractivity contribution in [2.24, 2.45) is 0 Å². The molecule has 0 saturated carbocycles. The summed E-state index contributed by atoms with van der Waals surface area (Å²) >= 11 is 1.52. The van der Waals surface area contributed by atoms with Crippen molar-refractivity contribution >= 4 is 23.5 Å². The number of rotatable bonds is 9. The Morgan fingerprint density at radius 2 is 1.91 bits per heavy atom. The van der Waals surface area contributed by atoms with Gasteiger partial charge in [-0.1, -0.05) is 42.1 Å². The zero-order chi connectivity index (χ0) is 22.3. The first-order valence-electron chi connectivity index (χ1n) is 10.9. The van der Waals surface area contributed by atoms with E-state index < -0.39 is 0 Å². The summed E-state index contributed by atoms with van der Waals surface area (Å²) in [5.74, 6) is 2.39. The Kier molecular flexibility index (Phi) is 7.44. The lowest BCUT2D eigenvalue weighted by Gasteiger charge is -2.18. The van der Waals surface area contributed by atoms with Crippen molar-refractivity contribution in [3.05, 3.63) is 60.1 Å². The standard InChI is InChI=1S/C24H29N5O2S/c1-28(2)15-12-25-23(30)21-11-10-19(31-21)17-32-24-26-20(18-8-4-3-5-9-18)16-22(27-24)29-13-6-7-14-29/h3-5,8-11,16H,6-7,12-15,17H2,1-2H3,(H,25,30). The van der Waals surface area contributed by atoms with Crippen molar-refractivity contribution in [1.29, 1.82) is 0 Å². The molecule has 1 aromatic carbocycles. The molecule has 3 aromatic rings. The molecule has 2 aromatic heterocycles. The van der Waals surface area contributed by atoms with E-state index in [1.165, 1.54) is 24.6 Å². The second-order valence-corrected chi connectivity index (χ2v) is 9.01. The molecular weight excluding hydrogens is 422 g/mol. The summed E-state index contributed by atoms with van der Waals surface area (Å²) in [7, 11) is 3.94. The number of carbonyl (C=O) groups is 1.